The lowest BCUT2D eigenvalue weighted by Crippen LogP contribution is -2.40. The molecule has 124 valence electrons. The van der Waals surface area contributed by atoms with Gasteiger partial charge in [-0.05, 0) is 29.7 Å². The van der Waals surface area contributed by atoms with E-state index in [4.69, 9.17) is 11.6 Å². The highest BCUT2D eigenvalue weighted by Crippen LogP contribution is 2.12. The van der Waals surface area contributed by atoms with Crippen LogP contribution in [0, 0.1) is 5.92 Å². The quantitative estimate of drug-likeness (QED) is 0.653. The molecule has 0 amide bonds. The van der Waals surface area contributed by atoms with E-state index < -0.39 is 0 Å². The molecule has 6 heteroatoms. The zero-order valence-corrected chi connectivity index (χ0v) is 14.7. The number of aliphatic imine (C=N–C) groups is 1. The maximum atomic E-state index is 6.04. The lowest BCUT2D eigenvalue weighted by Gasteiger charge is -2.23. The number of halogens is 1. The van der Waals surface area contributed by atoms with Crippen molar-refractivity contribution < 1.29 is 0 Å². The molecule has 2 rings (SSSR count). The Labute approximate surface area is 143 Å². The maximum absolute atomic E-state index is 6.04. The molecule has 1 aromatic carbocycles. The topological polar surface area (TPSA) is 45.5 Å². The fourth-order valence-electron chi connectivity index (χ4n) is 2.43. The largest absolute Gasteiger partial charge is 0.356 e. The molecular weight excluding hydrogens is 310 g/mol. The molecule has 1 aromatic heterocycles. The molecule has 5 nitrogen and oxygen atoms in total. The summed E-state index contributed by atoms with van der Waals surface area (Å²) >= 11 is 6.04. The highest BCUT2D eigenvalue weighted by atomic mass is 35.5. The van der Waals surface area contributed by atoms with Crippen molar-refractivity contribution >= 4 is 17.6 Å². The zero-order valence-electron chi connectivity index (χ0n) is 13.9. The molecule has 0 fully saturated rings. The summed E-state index contributed by atoms with van der Waals surface area (Å²) in [5.41, 5.74) is 1.16. The average molecular weight is 334 g/mol. The normalized spacial score (nSPS) is 13.0. The van der Waals surface area contributed by atoms with E-state index in [2.05, 4.69) is 33.3 Å². The lowest BCUT2D eigenvalue weighted by atomic mass is 10.2. The van der Waals surface area contributed by atoms with Gasteiger partial charge in [0.25, 0.3) is 0 Å². The average Bonchev–Trinajstić information content (AvgIpc) is 3.00. The number of nitrogens with one attached hydrogen (secondary N) is 1. The van der Waals surface area contributed by atoms with Gasteiger partial charge in [-0.1, -0.05) is 30.7 Å². The predicted octanol–water partition coefficient (Wildman–Crippen LogP) is 2.88. The number of guanidine groups is 1. The van der Waals surface area contributed by atoms with Crippen molar-refractivity contribution in [3.8, 4) is 0 Å². The lowest BCUT2D eigenvalue weighted by molar-refractivity contribution is 0.423. The second kappa shape index (κ2) is 8.58. The minimum Gasteiger partial charge on any atom is -0.356 e. The number of benzene rings is 1. The molecule has 1 heterocycles. The fraction of sp³-hybridized carbons (Fsp3) is 0.412. The number of rotatable bonds is 6. The molecule has 0 radical (unpaired) electrons. The van der Waals surface area contributed by atoms with E-state index in [0.717, 1.165) is 36.2 Å². The van der Waals surface area contributed by atoms with Crippen LogP contribution in [0.2, 0.25) is 5.02 Å². The van der Waals surface area contributed by atoms with Gasteiger partial charge < -0.3 is 10.2 Å². The number of hydrogen-bond acceptors (Lipinski definition) is 2. The van der Waals surface area contributed by atoms with Crippen molar-refractivity contribution in [1.82, 2.24) is 20.0 Å². The molecule has 1 unspecified atom stereocenters. The molecule has 0 saturated carbocycles. The summed E-state index contributed by atoms with van der Waals surface area (Å²) in [5, 5.41) is 8.41. The smallest absolute Gasteiger partial charge is 0.193 e. The van der Waals surface area contributed by atoms with Crippen molar-refractivity contribution in [2.75, 3.05) is 20.6 Å². The second-order valence-corrected chi connectivity index (χ2v) is 6.18. The van der Waals surface area contributed by atoms with Gasteiger partial charge in [0.05, 0.1) is 0 Å². The molecule has 23 heavy (non-hydrogen) atoms. The van der Waals surface area contributed by atoms with Crippen LogP contribution in [0.3, 0.4) is 0 Å². The molecule has 0 aliphatic carbocycles. The first kappa shape index (κ1) is 17.3. The monoisotopic (exact) mass is 333 g/mol. The Hall–Kier alpha value is -2.01. The van der Waals surface area contributed by atoms with Crippen LogP contribution in [0.4, 0.5) is 0 Å². The van der Waals surface area contributed by atoms with Crippen LogP contribution in [-0.4, -0.2) is 41.3 Å². The van der Waals surface area contributed by atoms with Gasteiger partial charge in [0.2, 0.25) is 0 Å². The highest BCUT2D eigenvalue weighted by Gasteiger charge is 2.09. The van der Waals surface area contributed by atoms with Crippen molar-refractivity contribution in [1.29, 1.82) is 0 Å². The minimum absolute atomic E-state index is 0.450. The summed E-state index contributed by atoms with van der Waals surface area (Å²) in [6, 6.07) is 9.84. The summed E-state index contributed by atoms with van der Waals surface area (Å²) in [4.78, 5) is 6.44. The Bertz CT molecular complexity index is 624. The van der Waals surface area contributed by atoms with E-state index in [-0.39, 0.29) is 0 Å². The first-order valence-electron chi connectivity index (χ1n) is 7.72. The molecule has 0 aliphatic heterocycles. The number of aromatic nitrogens is 2. The molecule has 0 spiro atoms. The Balaban J connectivity index is 1.84. The van der Waals surface area contributed by atoms with E-state index in [9.17, 15) is 0 Å². The van der Waals surface area contributed by atoms with Crippen molar-refractivity contribution in [3.05, 3.63) is 53.3 Å². The molecule has 1 atom stereocenters. The fourth-order valence-corrected chi connectivity index (χ4v) is 2.64. The molecule has 2 aromatic rings. The van der Waals surface area contributed by atoms with Crippen molar-refractivity contribution in [2.24, 2.45) is 10.9 Å². The maximum Gasteiger partial charge on any atom is 0.193 e. The summed E-state index contributed by atoms with van der Waals surface area (Å²) < 4.78 is 1.95. The van der Waals surface area contributed by atoms with Gasteiger partial charge in [0.1, 0.15) is 0 Å². The van der Waals surface area contributed by atoms with Crippen LogP contribution in [0.15, 0.2) is 47.7 Å². The van der Waals surface area contributed by atoms with Crippen LogP contribution in [0.25, 0.3) is 0 Å². The Morgan fingerprint density at radius 1 is 1.43 bits per heavy atom. The number of nitrogens with zero attached hydrogens (tertiary/aromatic N) is 4. The van der Waals surface area contributed by atoms with Gasteiger partial charge in [-0.15, -0.1) is 0 Å². The molecule has 1 N–H and O–H groups in total. The van der Waals surface area contributed by atoms with E-state index in [1.54, 1.807) is 13.2 Å². The van der Waals surface area contributed by atoms with Crippen LogP contribution in [0.5, 0.6) is 0 Å². The summed E-state index contributed by atoms with van der Waals surface area (Å²) in [6.07, 6.45) is 3.79. The SMILES string of the molecule is CN=C(NCC(C)Cn1cccn1)N(C)Cc1cccc(Cl)c1. The Morgan fingerprint density at radius 2 is 2.26 bits per heavy atom. The third-order valence-corrected chi connectivity index (χ3v) is 3.78. The van der Waals surface area contributed by atoms with E-state index >= 15 is 0 Å². The number of hydrogen-bond donors (Lipinski definition) is 1. The first-order chi connectivity index (χ1) is 11.1. The van der Waals surface area contributed by atoms with Gasteiger partial charge in [-0.25, -0.2) is 0 Å². The second-order valence-electron chi connectivity index (χ2n) is 5.75. The molecule has 0 aliphatic rings. The third kappa shape index (κ3) is 5.60. The first-order valence-corrected chi connectivity index (χ1v) is 8.10. The van der Waals surface area contributed by atoms with Gasteiger partial charge >= 0.3 is 0 Å². The molecular formula is C17H24ClN5. The van der Waals surface area contributed by atoms with E-state index in [1.807, 2.05) is 42.2 Å². The third-order valence-electron chi connectivity index (χ3n) is 3.55. The molecule has 0 saturated heterocycles. The predicted molar refractivity (Wildman–Crippen MR) is 95.7 cm³/mol. The summed E-state index contributed by atoms with van der Waals surface area (Å²) in [6.45, 7) is 4.67. The summed E-state index contributed by atoms with van der Waals surface area (Å²) in [7, 11) is 3.82. The van der Waals surface area contributed by atoms with Crippen LogP contribution < -0.4 is 5.32 Å². The highest BCUT2D eigenvalue weighted by molar-refractivity contribution is 6.30. The Kier molecular flexibility index (Phi) is 6.47. The van der Waals surface area contributed by atoms with Gasteiger partial charge in [-0.2, -0.15) is 5.10 Å². The van der Waals surface area contributed by atoms with E-state index in [1.165, 1.54) is 0 Å². The Morgan fingerprint density at radius 3 is 2.91 bits per heavy atom. The van der Waals surface area contributed by atoms with Gasteiger partial charge in [0.15, 0.2) is 5.96 Å². The van der Waals surface area contributed by atoms with Crippen LogP contribution >= 0.6 is 11.6 Å². The molecule has 0 bridgehead atoms. The van der Waals surface area contributed by atoms with Crippen LogP contribution in [0.1, 0.15) is 12.5 Å². The zero-order chi connectivity index (χ0) is 16.7. The minimum atomic E-state index is 0.450. The standard InChI is InChI=1S/C17H24ClN5/c1-14(12-23-9-5-8-21-23)11-20-17(19-2)22(3)13-15-6-4-7-16(18)10-15/h4-10,14H,11-13H2,1-3H3,(H,19,20). The van der Waals surface area contributed by atoms with Crippen LogP contribution in [-0.2, 0) is 13.1 Å². The van der Waals surface area contributed by atoms with Crippen molar-refractivity contribution in [2.45, 2.75) is 20.0 Å². The summed E-state index contributed by atoms with van der Waals surface area (Å²) in [5.74, 6) is 1.32. The van der Waals surface area contributed by atoms with Gasteiger partial charge in [0, 0.05) is 51.1 Å². The van der Waals surface area contributed by atoms with E-state index in [0.29, 0.717) is 5.92 Å². The van der Waals surface area contributed by atoms with Crippen molar-refractivity contribution in [3.63, 3.8) is 0 Å². The van der Waals surface area contributed by atoms with Gasteiger partial charge in [-0.3, -0.25) is 9.67 Å².